The lowest BCUT2D eigenvalue weighted by Gasteiger charge is -2.18. The fourth-order valence-electron chi connectivity index (χ4n) is 3.29. The molecule has 0 aliphatic carbocycles. The lowest BCUT2D eigenvalue weighted by Crippen LogP contribution is -2.34. The average molecular weight is 435 g/mol. The number of rotatable bonds is 4. The van der Waals surface area contributed by atoms with Crippen molar-refractivity contribution in [2.75, 3.05) is 5.43 Å². The van der Waals surface area contributed by atoms with Crippen LogP contribution in [0.1, 0.15) is 16.1 Å². The number of amides is 1. The Balaban J connectivity index is 1.45. The second kappa shape index (κ2) is 7.05. The zero-order valence-electron chi connectivity index (χ0n) is 15.2. The van der Waals surface area contributed by atoms with Gasteiger partial charge in [0.05, 0.1) is 21.7 Å². The highest BCUT2D eigenvalue weighted by Gasteiger charge is 2.33. The number of para-hydroxylation sites is 2. The maximum Gasteiger partial charge on any atom is 0.337 e. The van der Waals surface area contributed by atoms with E-state index in [0.717, 1.165) is 38.8 Å². The van der Waals surface area contributed by atoms with Crippen LogP contribution in [0.4, 0.5) is 5.69 Å². The van der Waals surface area contributed by atoms with Gasteiger partial charge in [-0.3, -0.25) is 10.2 Å². The van der Waals surface area contributed by atoms with Crippen LogP contribution in [0.3, 0.4) is 0 Å². The summed E-state index contributed by atoms with van der Waals surface area (Å²) >= 11 is 6.43. The fourth-order valence-corrected chi connectivity index (χ4v) is 4.45. The predicted octanol–water partition coefficient (Wildman–Crippen LogP) is 4.84. The van der Waals surface area contributed by atoms with Crippen molar-refractivity contribution in [2.45, 2.75) is 0 Å². The van der Waals surface area contributed by atoms with Crippen molar-refractivity contribution in [3.8, 4) is 0 Å². The van der Waals surface area contributed by atoms with Gasteiger partial charge in [-0.05, 0) is 36.5 Å². The van der Waals surface area contributed by atoms with E-state index in [1.807, 2.05) is 30.3 Å². The molecule has 5 rings (SSSR count). The van der Waals surface area contributed by atoms with E-state index in [-0.39, 0.29) is 21.5 Å². The number of fused-ring (bicyclic) bond motifs is 3. The van der Waals surface area contributed by atoms with Gasteiger partial charge in [0.25, 0.3) is 5.91 Å². The minimum absolute atomic E-state index is 0.0442. The highest BCUT2D eigenvalue weighted by atomic mass is 32.2. The number of nitrogens with zero attached hydrogens (tertiary/aromatic N) is 1. The van der Waals surface area contributed by atoms with E-state index in [2.05, 4.69) is 10.4 Å². The van der Waals surface area contributed by atoms with Crippen molar-refractivity contribution in [2.24, 2.45) is 0 Å². The average Bonchev–Trinajstić information content (AvgIpc) is 3.35. The minimum atomic E-state index is -1.10. The third-order valence-corrected chi connectivity index (χ3v) is 5.95. The summed E-state index contributed by atoms with van der Waals surface area (Å²) in [6.07, 6.45) is 1.63. The molecule has 1 aliphatic heterocycles. The van der Waals surface area contributed by atoms with E-state index in [9.17, 15) is 14.7 Å². The molecule has 0 bridgehead atoms. The number of carboxylic acids is 1. The molecule has 148 valence electrons. The largest absolute Gasteiger partial charge is 0.478 e. The Morgan fingerprint density at radius 2 is 1.93 bits per heavy atom. The number of anilines is 1. The molecule has 1 fully saturated rings. The molecule has 30 heavy (non-hydrogen) atoms. The van der Waals surface area contributed by atoms with Crippen molar-refractivity contribution < 1.29 is 19.1 Å². The molecule has 7 nitrogen and oxygen atoms in total. The van der Waals surface area contributed by atoms with Gasteiger partial charge in [0, 0.05) is 23.0 Å². The number of nitrogens with one attached hydrogen (secondary N) is 2. The number of benzene rings is 2. The third kappa shape index (κ3) is 3.04. The van der Waals surface area contributed by atoms with E-state index in [1.165, 1.54) is 6.07 Å². The molecule has 0 unspecified atom stereocenters. The monoisotopic (exact) mass is 435 g/mol. The number of aromatic carboxylic acids is 1. The number of carbonyl (C=O) groups is 2. The summed E-state index contributed by atoms with van der Waals surface area (Å²) in [5.41, 5.74) is 5.68. The highest BCUT2D eigenvalue weighted by Crippen LogP contribution is 2.35. The minimum Gasteiger partial charge on any atom is -0.478 e. The van der Waals surface area contributed by atoms with Crippen LogP contribution in [-0.4, -0.2) is 31.3 Å². The van der Waals surface area contributed by atoms with Crippen LogP contribution in [0.15, 0.2) is 63.9 Å². The molecule has 2 aromatic heterocycles. The first-order valence-corrected chi connectivity index (χ1v) is 10.1. The molecule has 3 heterocycles. The van der Waals surface area contributed by atoms with Gasteiger partial charge in [0.15, 0.2) is 9.90 Å². The first kappa shape index (κ1) is 18.5. The standard InChI is InChI=1S/C21H13N3O4S2/c25-19-17(10-11-9-16-18(28-11)12-5-1-3-7-14(12)22-16)30-21(29)24(19)23-15-8-4-2-6-13(15)20(26)27/h1-10,22-23H,(H,26,27)/b17-10+. The fraction of sp³-hybridized carbons (Fsp3) is 0. The Labute approximate surface area is 179 Å². The molecule has 0 atom stereocenters. The van der Waals surface area contributed by atoms with Gasteiger partial charge < -0.3 is 14.5 Å². The van der Waals surface area contributed by atoms with E-state index in [4.69, 9.17) is 16.6 Å². The molecule has 9 heteroatoms. The third-order valence-electron chi connectivity index (χ3n) is 4.65. The molecule has 4 aromatic rings. The van der Waals surface area contributed by atoms with E-state index in [1.54, 1.807) is 24.3 Å². The second-order valence-corrected chi connectivity index (χ2v) is 8.22. The van der Waals surface area contributed by atoms with Gasteiger partial charge in [-0.2, -0.15) is 0 Å². The normalized spacial score (nSPS) is 15.6. The number of aromatic amines is 1. The number of thioether (sulfide) groups is 1. The van der Waals surface area contributed by atoms with Crippen molar-refractivity contribution in [3.05, 3.63) is 70.8 Å². The number of carboxylic acid groups (broad SMARTS) is 1. The van der Waals surface area contributed by atoms with Gasteiger partial charge in [-0.15, -0.1) is 0 Å². The van der Waals surface area contributed by atoms with Gasteiger partial charge >= 0.3 is 5.97 Å². The molecule has 1 aliphatic rings. The molecule has 0 spiro atoms. The smallest absolute Gasteiger partial charge is 0.337 e. The Hall–Kier alpha value is -3.56. The molecular weight excluding hydrogens is 422 g/mol. The summed E-state index contributed by atoms with van der Waals surface area (Å²) in [5.74, 6) is -0.958. The van der Waals surface area contributed by atoms with E-state index in [0.29, 0.717) is 10.7 Å². The summed E-state index contributed by atoms with van der Waals surface area (Å²) in [4.78, 5) is 27.9. The first-order valence-electron chi connectivity index (χ1n) is 8.88. The summed E-state index contributed by atoms with van der Waals surface area (Å²) in [6, 6.07) is 16.0. The molecular formula is C21H13N3O4S2. The highest BCUT2D eigenvalue weighted by molar-refractivity contribution is 8.26. The zero-order valence-corrected chi connectivity index (χ0v) is 16.8. The molecule has 1 saturated heterocycles. The number of hydrazine groups is 1. The van der Waals surface area contributed by atoms with Crippen LogP contribution in [0.25, 0.3) is 28.1 Å². The molecule has 1 amide bonds. The predicted molar refractivity (Wildman–Crippen MR) is 120 cm³/mol. The number of carbonyl (C=O) groups excluding carboxylic acids is 1. The topological polar surface area (TPSA) is 98.6 Å². The van der Waals surface area contributed by atoms with Crippen LogP contribution in [0, 0.1) is 0 Å². The maximum atomic E-state index is 12.9. The van der Waals surface area contributed by atoms with E-state index >= 15 is 0 Å². The quantitative estimate of drug-likeness (QED) is 0.312. The van der Waals surface area contributed by atoms with Crippen LogP contribution in [-0.2, 0) is 4.79 Å². The zero-order chi connectivity index (χ0) is 20.8. The van der Waals surface area contributed by atoms with Gasteiger partial charge in [-0.25, -0.2) is 9.80 Å². The van der Waals surface area contributed by atoms with Gasteiger partial charge in [0.1, 0.15) is 5.76 Å². The van der Waals surface area contributed by atoms with Crippen molar-refractivity contribution in [1.29, 1.82) is 0 Å². The SMILES string of the molecule is O=C(O)c1ccccc1NN1C(=O)/C(=C\c2cc3[nH]c4ccccc4c3o2)SC1=S. The summed E-state index contributed by atoms with van der Waals surface area (Å²) in [7, 11) is 0. The molecule has 0 saturated carbocycles. The van der Waals surface area contributed by atoms with E-state index < -0.39 is 5.97 Å². The van der Waals surface area contributed by atoms with Gasteiger partial charge in [0.2, 0.25) is 0 Å². The number of furan rings is 1. The number of aromatic nitrogens is 1. The Kier molecular flexibility index (Phi) is 4.34. The van der Waals surface area contributed by atoms with Crippen LogP contribution in [0.2, 0.25) is 0 Å². The number of hydrogen-bond donors (Lipinski definition) is 3. The number of H-pyrrole nitrogens is 1. The van der Waals surface area contributed by atoms with Crippen molar-refractivity contribution in [1.82, 2.24) is 9.99 Å². The van der Waals surface area contributed by atoms with Crippen LogP contribution >= 0.6 is 24.0 Å². The second-order valence-electron chi connectivity index (χ2n) is 6.54. The first-order chi connectivity index (χ1) is 14.5. The molecule has 0 radical (unpaired) electrons. The van der Waals surface area contributed by atoms with Crippen LogP contribution < -0.4 is 5.43 Å². The van der Waals surface area contributed by atoms with Crippen molar-refractivity contribution in [3.63, 3.8) is 0 Å². The summed E-state index contributed by atoms with van der Waals surface area (Å²) < 4.78 is 6.21. The summed E-state index contributed by atoms with van der Waals surface area (Å²) in [6.45, 7) is 0. The van der Waals surface area contributed by atoms with Gasteiger partial charge in [-0.1, -0.05) is 36.0 Å². The number of hydrogen-bond acceptors (Lipinski definition) is 6. The molecule has 3 N–H and O–H groups in total. The number of thiocarbonyl (C=S) groups is 1. The Bertz CT molecular complexity index is 1390. The molecule has 2 aromatic carbocycles. The summed E-state index contributed by atoms with van der Waals surface area (Å²) in [5, 5.41) is 11.5. The Morgan fingerprint density at radius 3 is 2.77 bits per heavy atom. The van der Waals surface area contributed by atoms with Crippen LogP contribution in [0.5, 0.6) is 0 Å². The maximum absolute atomic E-state index is 12.9. The van der Waals surface area contributed by atoms with Crippen molar-refractivity contribution >= 4 is 73.9 Å². The Morgan fingerprint density at radius 1 is 1.17 bits per heavy atom. The lowest BCUT2D eigenvalue weighted by atomic mass is 10.2. The lowest BCUT2D eigenvalue weighted by molar-refractivity contribution is -0.121.